The van der Waals surface area contributed by atoms with E-state index >= 15 is 0 Å². The van der Waals surface area contributed by atoms with Gasteiger partial charge in [-0.2, -0.15) is 4.98 Å². The number of hydrogen-bond acceptors (Lipinski definition) is 6. The predicted octanol–water partition coefficient (Wildman–Crippen LogP) is 4.05. The lowest BCUT2D eigenvalue weighted by Gasteiger charge is -2.19. The fourth-order valence-corrected chi connectivity index (χ4v) is 2.80. The summed E-state index contributed by atoms with van der Waals surface area (Å²) in [5.74, 6) is 2.24. The monoisotopic (exact) mass is 366 g/mol. The third-order valence-electron chi connectivity index (χ3n) is 4.06. The molecule has 0 unspecified atom stereocenters. The minimum absolute atomic E-state index is 0.257. The summed E-state index contributed by atoms with van der Waals surface area (Å²) < 4.78 is 24.9. The van der Waals surface area contributed by atoms with Gasteiger partial charge < -0.3 is 20.1 Å². The highest BCUT2D eigenvalue weighted by Gasteiger charge is 2.12. The van der Waals surface area contributed by atoms with Crippen molar-refractivity contribution in [2.24, 2.45) is 0 Å². The minimum atomic E-state index is -0.257. The van der Waals surface area contributed by atoms with Crippen molar-refractivity contribution >= 4 is 17.5 Å². The van der Waals surface area contributed by atoms with Crippen LogP contribution in [0.2, 0.25) is 0 Å². The van der Waals surface area contributed by atoms with E-state index in [1.807, 2.05) is 31.2 Å². The smallest absolute Gasteiger partial charge is 0.225 e. The number of nitrogens with one attached hydrogen (secondary N) is 2. The average molecular weight is 366 g/mol. The molecule has 0 fully saturated rings. The molecule has 138 valence electrons. The van der Waals surface area contributed by atoms with E-state index < -0.39 is 0 Å². The molecule has 0 bridgehead atoms. The van der Waals surface area contributed by atoms with Gasteiger partial charge >= 0.3 is 0 Å². The Morgan fingerprint density at radius 1 is 1.00 bits per heavy atom. The van der Waals surface area contributed by atoms with Gasteiger partial charge in [-0.15, -0.1) is 0 Å². The lowest BCUT2D eigenvalue weighted by molar-refractivity contribution is 0.171. The second-order valence-corrected chi connectivity index (χ2v) is 6.15. The molecular weight excluding hydrogens is 347 g/mol. The number of ether oxygens (including phenoxy) is 2. The molecule has 0 aliphatic carbocycles. The molecule has 0 radical (unpaired) electrons. The summed E-state index contributed by atoms with van der Waals surface area (Å²) in [6.45, 7) is 3.28. The first-order valence-corrected chi connectivity index (χ1v) is 8.67. The molecular formula is C20H19FN4O2. The molecule has 1 aliphatic rings. The van der Waals surface area contributed by atoms with E-state index in [4.69, 9.17) is 9.47 Å². The van der Waals surface area contributed by atoms with Crippen molar-refractivity contribution in [2.45, 2.75) is 13.5 Å². The van der Waals surface area contributed by atoms with E-state index in [0.29, 0.717) is 42.8 Å². The first kappa shape index (κ1) is 17.1. The molecule has 2 aromatic carbocycles. The van der Waals surface area contributed by atoms with Crippen LogP contribution in [0, 0.1) is 12.7 Å². The van der Waals surface area contributed by atoms with Crippen molar-refractivity contribution in [3.63, 3.8) is 0 Å². The number of aromatic nitrogens is 2. The number of nitrogens with zero attached hydrogens (tertiary/aromatic N) is 2. The summed E-state index contributed by atoms with van der Waals surface area (Å²) in [5.41, 5.74) is 2.18. The lowest BCUT2D eigenvalue weighted by atomic mass is 10.2. The number of benzene rings is 2. The number of fused-ring (bicyclic) bond motifs is 1. The van der Waals surface area contributed by atoms with E-state index in [0.717, 1.165) is 17.1 Å². The van der Waals surface area contributed by atoms with Gasteiger partial charge in [0.2, 0.25) is 5.95 Å². The molecule has 1 aliphatic heterocycles. The summed E-state index contributed by atoms with van der Waals surface area (Å²) in [6, 6.07) is 14.1. The van der Waals surface area contributed by atoms with Gasteiger partial charge in [0.05, 0.1) is 0 Å². The van der Waals surface area contributed by atoms with Crippen molar-refractivity contribution in [3.8, 4) is 11.5 Å². The van der Waals surface area contributed by atoms with Crippen LogP contribution in [0.25, 0.3) is 0 Å². The Bertz CT molecular complexity index is 964. The molecule has 3 aromatic rings. The zero-order chi connectivity index (χ0) is 18.6. The Hall–Kier alpha value is -3.35. The Morgan fingerprint density at radius 2 is 1.81 bits per heavy atom. The second kappa shape index (κ2) is 7.49. The maximum absolute atomic E-state index is 13.8. The molecule has 0 saturated carbocycles. The predicted molar refractivity (Wildman–Crippen MR) is 101 cm³/mol. The van der Waals surface area contributed by atoms with Crippen LogP contribution >= 0.6 is 0 Å². The molecule has 6 nitrogen and oxygen atoms in total. The molecule has 0 spiro atoms. The molecule has 0 amide bonds. The normalized spacial score (nSPS) is 12.5. The highest BCUT2D eigenvalue weighted by atomic mass is 19.1. The number of anilines is 3. The van der Waals surface area contributed by atoms with Crippen LogP contribution in [0.15, 0.2) is 48.5 Å². The Labute approximate surface area is 156 Å². The van der Waals surface area contributed by atoms with E-state index in [9.17, 15) is 4.39 Å². The number of rotatable bonds is 5. The standard InChI is InChI=1S/C20H19FN4O2/c1-13-10-19(24-15-6-7-17-18(11-15)27-9-8-26-17)25-20(23-13)22-12-14-4-2-3-5-16(14)21/h2-7,10-11H,8-9,12H2,1H3,(H2,22,23,24,25). The Kier molecular flexibility index (Phi) is 4.74. The molecule has 2 N–H and O–H groups in total. The quantitative estimate of drug-likeness (QED) is 0.710. The molecule has 7 heteroatoms. The Morgan fingerprint density at radius 3 is 2.67 bits per heavy atom. The fraction of sp³-hybridized carbons (Fsp3) is 0.200. The summed E-state index contributed by atoms with van der Waals surface area (Å²) in [5, 5.41) is 6.32. The summed E-state index contributed by atoms with van der Waals surface area (Å²) in [4.78, 5) is 8.82. The van der Waals surface area contributed by atoms with Crippen LogP contribution in [-0.4, -0.2) is 23.2 Å². The van der Waals surface area contributed by atoms with Crippen molar-refractivity contribution < 1.29 is 13.9 Å². The third kappa shape index (κ3) is 4.08. The van der Waals surface area contributed by atoms with Gasteiger partial charge in [-0.05, 0) is 25.1 Å². The SMILES string of the molecule is Cc1cc(Nc2ccc3c(c2)OCCO3)nc(NCc2ccccc2F)n1. The first-order chi connectivity index (χ1) is 13.2. The van der Waals surface area contributed by atoms with Gasteiger partial charge in [0.25, 0.3) is 0 Å². The van der Waals surface area contributed by atoms with E-state index in [1.54, 1.807) is 18.2 Å². The highest BCUT2D eigenvalue weighted by molar-refractivity contribution is 5.62. The van der Waals surface area contributed by atoms with E-state index in [-0.39, 0.29) is 5.82 Å². The van der Waals surface area contributed by atoms with Crippen LogP contribution in [0.1, 0.15) is 11.3 Å². The van der Waals surface area contributed by atoms with Gasteiger partial charge in [-0.25, -0.2) is 9.37 Å². The molecule has 4 rings (SSSR count). The number of aryl methyl sites for hydroxylation is 1. The zero-order valence-corrected chi connectivity index (χ0v) is 14.8. The van der Waals surface area contributed by atoms with Crippen molar-refractivity contribution in [1.82, 2.24) is 9.97 Å². The maximum Gasteiger partial charge on any atom is 0.225 e. The lowest BCUT2D eigenvalue weighted by Crippen LogP contribution is -2.15. The summed E-state index contributed by atoms with van der Waals surface area (Å²) in [7, 11) is 0. The first-order valence-electron chi connectivity index (χ1n) is 8.67. The zero-order valence-electron chi connectivity index (χ0n) is 14.8. The van der Waals surface area contributed by atoms with Crippen LogP contribution in [-0.2, 0) is 6.54 Å². The van der Waals surface area contributed by atoms with Crippen molar-refractivity contribution in [1.29, 1.82) is 0 Å². The van der Waals surface area contributed by atoms with Crippen LogP contribution in [0.5, 0.6) is 11.5 Å². The summed E-state index contributed by atoms with van der Waals surface area (Å²) >= 11 is 0. The minimum Gasteiger partial charge on any atom is -0.486 e. The topological polar surface area (TPSA) is 68.3 Å². The molecule has 2 heterocycles. The maximum atomic E-state index is 13.8. The molecule has 0 atom stereocenters. The number of hydrogen-bond donors (Lipinski definition) is 2. The van der Waals surface area contributed by atoms with Crippen LogP contribution in [0.4, 0.5) is 21.8 Å². The fourth-order valence-electron chi connectivity index (χ4n) is 2.80. The van der Waals surface area contributed by atoms with Crippen molar-refractivity contribution in [2.75, 3.05) is 23.8 Å². The van der Waals surface area contributed by atoms with Gasteiger partial charge in [0.1, 0.15) is 24.8 Å². The molecule has 1 aromatic heterocycles. The Balaban J connectivity index is 1.50. The van der Waals surface area contributed by atoms with Gasteiger partial charge in [0, 0.05) is 35.6 Å². The number of halogens is 1. The average Bonchev–Trinajstić information content (AvgIpc) is 2.67. The molecule has 27 heavy (non-hydrogen) atoms. The van der Waals surface area contributed by atoms with Gasteiger partial charge in [-0.3, -0.25) is 0 Å². The largest absolute Gasteiger partial charge is 0.486 e. The molecule has 0 saturated heterocycles. The second-order valence-electron chi connectivity index (χ2n) is 6.15. The van der Waals surface area contributed by atoms with Crippen LogP contribution in [0.3, 0.4) is 0 Å². The van der Waals surface area contributed by atoms with Crippen molar-refractivity contribution in [3.05, 3.63) is 65.6 Å². The van der Waals surface area contributed by atoms with E-state index in [2.05, 4.69) is 20.6 Å². The van der Waals surface area contributed by atoms with Gasteiger partial charge in [-0.1, -0.05) is 18.2 Å². The summed E-state index contributed by atoms with van der Waals surface area (Å²) in [6.07, 6.45) is 0. The van der Waals surface area contributed by atoms with E-state index in [1.165, 1.54) is 6.07 Å². The van der Waals surface area contributed by atoms with Gasteiger partial charge in [0.15, 0.2) is 11.5 Å². The third-order valence-corrected chi connectivity index (χ3v) is 4.06. The highest BCUT2D eigenvalue weighted by Crippen LogP contribution is 2.33. The van der Waals surface area contributed by atoms with Crippen LogP contribution < -0.4 is 20.1 Å².